The Morgan fingerprint density at radius 2 is 2.20 bits per heavy atom. The van der Waals surface area contributed by atoms with E-state index in [1.54, 1.807) is 24.3 Å². The number of hydrogen-bond acceptors (Lipinski definition) is 5. The second-order valence-corrected chi connectivity index (χ2v) is 4.28. The highest BCUT2D eigenvalue weighted by Gasteiger charge is 2.12. The topological polar surface area (TPSA) is 89.3 Å². The van der Waals surface area contributed by atoms with Gasteiger partial charge < -0.3 is 15.5 Å². The highest BCUT2D eigenvalue weighted by atomic mass is 35.5. The van der Waals surface area contributed by atoms with Crippen molar-refractivity contribution in [3.63, 3.8) is 0 Å². The van der Waals surface area contributed by atoms with E-state index in [4.69, 9.17) is 22.2 Å². The predicted molar refractivity (Wildman–Crippen MR) is 78.0 cm³/mol. The maximum Gasteiger partial charge on any atom is 0.257 e. The Bertz CT molecular complexity index is 634. The van der Waals surface area contributed by atoms with Crippen LogP contribution in [-0.4, -0.2) is 18.0 Å². The van der Waals surface area contributed by atoms with Gasteiger partial charge in [0.2, 0.25) is 0 Å². The molecule has 7 heteroatoms. The standard InChI is InChI=1S/C13H13ClN4O2/c1-20-12-6-8(2-3-10(12)14)17-13(19)9-4-5-16-7-11(9)18-15/h2-7,18H,15H2,1H3,(H,17,19). The van der Waals surface area contributed by atoms with Crippen LogP contribution in [0.15, 0.2) is 36.7 Å². The lowest BCUT2D eigenvalue weighted by atomic mass is 10.2. The van der Waals surface area contributed by atoms with Crippen LogP contribution in [0.4, 0.5) is 11.4 Å². The van der Waals surface area contributed by atoms with Gasteiger partial charge in [-0.25, -0.2) is 0 Å². The summed E-state index contributed by atoms with van der Waals surface area (Å²) in [6.45, 7) is 0. The van der Waals surface area contributed by atoms with E-state index >= 15 is 0 Å². The molecule has 6 nitrogen and oxygen atoms in total. The van der Waals surface area contributed by atoms with Gasteiger partial charge in [-0.2, -0.15) is 0 Å². The molecule has 0 saturated carbocycles. The number of rotatable bonds is 4. The molecular weight excluding hydrogens is 280 g/mol. The zero-order valence-corrected chi connectivity index (χ0v) is 11.4. The molecule has 0 fully saturated rings. The minimum absolute atomic E-state index is 0.315. The van der Waals surface area contributed by atoms with Crippen molar-refractivity contribution in [1.29, 1.82) is 0 Å². The Labute approximate surface area is 120 Å². The fourth-order valence-corrected chi connectivity index (χ4v) is 1.84. The van der Waals surface area contributed by atoms with Crippen LogP contribution in [0.25, 0.3) is 0 Å². The molecule has 1 aromatic carbocycles. The van der Waals surface area contributed by atoms with Crippen LogP contribution in [0, 0.1) is 0 Å². The van der Waals surface area contributed by atoms with Crippen molar-refractivity contribution in [3.05, 3.63) is 47.2 Å². The molecule has 1 heterocycles. The lowest BCUT2D eigenvalue weighted by Crippen LogP contribution is -2.17. The SMILES string of the molecule is COc1cc(NC(=O)c2ccncc2NN)ccc1Cl. The number of aromatic nitrogens is 1. The fourth-order valence-electron chi connectivity index (χ4n) is 1.64. The quantitative estimate of drug-likeness (QED) is 0.594. The van der Waals surface area contributed by atoms with Crippen molar-refractivity contribution in [2.75, 3.05) is 17.9 Å². The maximum absolute atomic E-state index is 12.2. The van der Waals surface area contributed by atoms with E-state index in [9.17, 15) is 4.79 Å². The fraction of sp³-hybridized carbons (Fsp3) is 0.0769. The molecule has 0 unspecified atom stereocenters. The molecule has 20 heavy (non-hydrogen) atoms. The lowest BCUT2D eigenvalue weighted by Gasteiger charge is -2.10. The first-order valence-corrected chi connectivity index (χ1v) is 6.09. The Morgan fingerprint density at radius 3 is 2.90 bits per heavy atom. The number of benzene rings is 1. The molecular formula is C13H13ClN4O2. The van der Waals surface area contributed by atoms with E-state index in [-0.39, 0.29) is 5.91 Å². The number of amides is 1. The van der Waals surface area contributed by atoms with Gasteiger partial charge in [0, 0.05) is 18.0 Å². The van der Waals surface area contributed by atoms with E-state index < -0.39 is 0 Å². The van der Waals surface area contributed by atoms with E-state index in [0.29, 0.717) is 27.7 Å². The van der Waals surface area contributed by atoms with Crippen LogP contribution in [-0.2, 0) is 0 Å². The number of carbonyl (C=O) groups excluding carboxylic acids is 1. The molecule has 2 aromatic rings. The summed E-state index contributed by atoms with van der Waals surface area (Å²) in [5.41, 5.74) is 3.81. The molecule has 0 spiro atoms. The van der Waals surface area contributed by atoms with Crippen molar-refractivity contribution >= 4 is 28.9 Å². The molecule has 2 rings (SSSR count). The Hall–Kier alpha value is -2.31. The van der Waals surface area contributed by atoms with Gasteiger partial charge in [0.05, 0.1) is 29.6 Å². The second-order valence-electron chi connectivity index (χ2n) is 3.87. The molecule has 4 N–H and O–H groups in total. The number of hydrogen-bond donors (Lipinski definition) is 3. The third kappa shape index (κ3) is 2.98. The van der Waals surface area contributed by atoms with Gasteiger partial charge >= 0.3 is 0 Å². The number of ether oxygens (including phenoxy) is 1. The number of halogens is 1. The van der Waals surface area contributed by atoms with Crippen LogP contribution >= 0.6 is 11.6 Å². The maximum atomic E-state index is 12.2. The minimum Gasteiger partial charge on any atom is -0.495 e. The number of pyridine rings is 1. The lowest BCUT2D eigenvalue weighted by molar-refractivity contribution is 0.102. The monoisotopic (exact) mass is 292 g/mol. The zero-order chi connectivity index (χ0) is 14.5. The smallest absolute Gasteiger partial charge is 0.257 e. The Kier molecular flexibility index (Phi) is 4.39. The molecule has 1 aromatic heterocycles. The predicted octanol–water partition coefficient (Wildman–Crippen LogP) is 2.28. The van der Waals surface area contributed by atoms with E-state index in [1.807, 2.05) is 0 Å². The molecule has 104 valence electrons. The number of hydrazine groups is 1. The van der Waals surface area contributed by atoms with Gasteiger partial charge in [0.1, 0.15) is 5.75 Å². The van der Waals surface area contributed by atoms with E-state index in [0.717, 1.165) is 0 Å². The highest BCUT2D eigenvalue weighted by Crippen LogP contribution is 2.27. The number of nitrogens with one attached hydrogen (secondary N) is 2. The number of nitrogens with zero attached hydrogens (tertiary/aromatic N) is 1. The van der Waals surface area contributed by atoms with Crippen LogP contribution in [0.5, 0.6) is 5.75 Å². The van der Waals surface area contributed by atoms with E-state index in [1.165, 1.54) is 19.5 Å². The summed E-state index contributed by atoms with van der Waals surface area (Å²) in [7, 11) is 1.51. The number of anilines is 2. The molecule has 0 radical (unpaired) electrons. The molecule has 0 aliphatic rings. The summed E-state index contributed by atoms with van der Waals surface area (Å²) in [6.07, 6.45) is 2.98. The van der Waals surface area contributed by atoms with Crippen LogP contribution < -0.4 is 21.3 Å². The first kappa shape index (κ1) is 14.1. The summed E-state index contributed by atoms with van der Waals surface area (Å²) >= 11 is 5.93. The third-order valence-electron chi connectivity index (χ3n) is 2.63. The van der Waals surface area contributed by atoms with Gasteiger partial charge in [-0.1, -0.05) is 11.6 Å². The largest absolute Gasteiger partial charge is 0.495 e. The first-order valence-electron chi connectivity index (χ1n) is 5.71. The van der Waals surface area contributed by atoms with Crippen molar-refractivity contribution in [2.24, 2.45) is 5.84 Å². The second kappa shape index (κ2) is 6.23. The number of methoxy groups -OCH3 is 1. The summed E-state index contributed by atoms with van der Waals surface area (Å²) < 4.78 is 5.09. The Balaban J connectivity index is 2.23. The van der Waals surface area contributed by atoms with Crippen molar-refractivity contribution in [2.45, 2.75) is 0 Å². The molecule has 0 saturated heterocycles. The average molecular weight is 293 g/mol. The molecule has 0 atom stereocenters. The molecule has 1 amide bonds. The number of carbonyl (C=O) groups is 1. The van der Waals surface area contributed by atoms with Crippen molar-refractivity contribution in [3.8, 4) is 5.75 Å². The summed E-state index contributed by atoms with van der Waals surface area (Å²) in [5.74, 6) is 5.51. The van der Waals surface area contributed by atoms with E-state index in [2.05, 4.69) is 15.7 Å². The van der Waals surface area contributed by atoms with Gasteiger partial charge in [0.25, 0.3) is 5.91 Å². The molecule has 0 aliphatic heterocycles. The summed E-state index contributed by atoms with van der Waals surface area (Å²) in [5, 5.41) is 3.20. The Morgan fingerprint density at radius 1 is 1.40 bits per heavy atom. The number of nitrogen functional groups attached to an aromatic ring is 1. The minimum atomic E-state index is -0.315. The third-order valence-corrected chi connectivity index (χ3v) is 2.94. The van der Waals surface area contributed by atoms with Crippen LogP contribution in [0.2, 0.25) is 5.02 Å². The first-order chi connectivity index (χ1) is 9.65. The average Bonchev–Trinajstić information content (AvgIpc) is 2.49. The summed E-state index contributed by atoms with van der Waals surface area (Å²) in [4.78, 5) is 16.1. The normalized spacial score (nSPS) is 9.95. The highest BCUT2D eigenvalue weighted by molar-refractivity contribution is 6.32. The van der Waals surface area contributed by atoms with Gasteiger partial charge in [-0.05, 0) is 18.2 Å². The molecule has 0 aliphatic carbocycles. The van der Waals surface area contributed by atoms with Gasteiger partial charge in [-0.3, -0.25) is 15.6 Å². The number of nitrogens with two attached hydrogens (primary N) is 1. The van der Waals surface area contributed by atoms with Gasteiger partial charge in [-0.15, -0.1) is 0 Å². The van der Waals surface area contributed by atoms with Crippen molar-refractivity contribution < 1.29 is 9.53 Å². The van der Waals surface area contributed by atoms with Crippen LogP contribution in [0.1, 0.15) is 10.4 Å². The van der Waals surface area contributed by atoms with Crippen LogP contribution in [0.3, 0.4) is 0 Å². The van der Waals surface area contributed by atoms with Gasteiger partial charge in [0.15, 0.2) is 0 Å². The van der Waals surface area contributed by atoms with Crippen molar-refractivity contribution in [1.82, 2.24) is 4.98 Å². The summed E-state index contributed by atoms with van der Waals surface area (Å²) in [6, 6.07) is 6.53. The zero-order valence-electron chi connectivity index (χ0n) is 10.7. The molecule has 0 bridgehead atoms.